The van der Waals surface area contributed by atoms with Crippen molar-refractivity contribution in [2.24, 2.45) is 11.8 Å². The molecule has 1 saturated heterocycles. The van der Waals surface area contributed by atoms with Crippen LogP contribution in [0.4, 0.5) is 0 Å². The number of piperidine rings is 1. The molecule has 26 heavy (non-hydrogen) atoms. The van der Waals surface area contributed by atoms with Crippen molar-refractivity contribution in [1.82, 2.24) is 9.88 Å². The number of benzene rings is 1. The minimum atomic E-state index is 0.333. The average Bonchev–Trinajstić information content (AvgIpc) is 3.06. The van der Waals surface area contributed by atoms with E-state index < -0.39 is 0 Å². The van der Waals surface area contributed by atoms with Crippen LogP contribution in [-0.2, 0) is 20.7 Å². The molecule has 3 aliphatic heterocycles. The van der Waals surface area contributed by atoms with E-state index in [1.54, 1.807) is 20.5 Å². The number of nitrogens with zero attached hydrogens (tertiary/aromatic N) is 1. The SMILES string of the molecule is COC.O=CC1=COCC2CN3CCc4c([nH]c5ccccc45)C3CC12. The monoisotopic (exact) mass is 354 g/mol. The Morgan fingerprint density at radius 3 is 2.92 bits per heavy atom. The zero-order valence-electron chi connectivity index (χ0n) is 15.4. The summed E-state index contributed by atoms with van der Waals surface area (Å²) in [6, 6.07) is 8.98. The summed E-state index contributed by atoms with van der Waals surface area (Å²) in [4.78, 5) is 17.6. The number of para-hydroxylation sites is 1. The molecule has 1 fully saturated rings. The second-order valence-electron chi connectivity index (χ2n) is 7.40. The third-order valence-electron chi connectivity index (χ3n) is 5.88. The van der Waals surface area contributed by atoms with Crippen LogP contribution in [0.5, 0.6) is 0 Å². The molecule has 5 nitrogen and oxygen atoms in total. The third kappa shape index (κ3) is 2.85. The Hall–Kier alpha value is -2.11. The lowest BCUT2D eigenvalue weighted by Gasteiger charge is -2.47. The number of hydrogen-bond acceptors (Lipinski definition) is 4. The Labute approximate surface area is 154 Å². The summed E-state index contributed by atoms with van der Waals surface area (Å²) in [6.07, 6.45) is 4.78. The second-order valence-corrected chi connectivity index (χ2v) is 7.40. The Kier molecular flexibility index (Phi) is 4.83. The van der Waals surface area contributed by atoms with Crippen LogP contribution in [0.15, 0.2) is 36.1 Å². The second kappa shape index (κ2) is 7.25. The summed E-state index contributed by atoms with van der Waals surface area (Å²) in [5.74, 6) is 0.780. The molecule has 1 aromatic heterocycles. The molecular weight excluding hydrogens is 328 g/mol. The summed E-state index contributed by atoms with van der Waals surface area (Å²) in [6.45, 7) is 2.86. The molecule has 2 aromatic rings. The number of aromatic amines is 1. The smallest absolute Gasteiger partial charge is 0.149 e. The lowest BCUT2D eigenvalue weighted by Crippen LogP contribution is -2.48. The molecule has 138 valence electrons. The van der Waals surface area contributed by atoms with Crippen LogP contribution >= 0.6 is 0 Å². The van der Waals surface area contributed by atoms with Crippen molar-refractivity contribution in [3.63, 3.8) is 0 Å². The lowest BCUT2D eigenvalue weighted by atomic mass is 9.75. The molecule has 3 unspecified atom stereocenters. The van der Waals surface area contributed by atoms with Gasteiger partial charge in [0.1, 0.15) is 6.29 Å². The molecule has 5 rings (SSSR count). The molecule has 1 N–H and O–H groups in total. The Morgan fingerprint density at radius 1 is 1.31 bits per heavy atom. The molecule has 0 saturated carbocycles. The lowest BCUT2D eigenvalue weighted by molar-refractivity contribution is -0.106. The van der Waals surface area contributed by atoms with Crippen LogP contribution in [0, 0.1) is 11.8 Å². The van der Waals surface area contributed by atoms with Crippen molar-refractivity contribution in [2.75, 3.05) is 33.9 Å². The number of allylic oxidation sites excluding steroid dienone is 1. The number of nitrogens with one attached hydrogen (secondary N) is 1. The molecule has 0 radical (unpaired) electrons. The summed E-state index contributed by atoms with van der Waals surface area (Å²) in [5.41, 5.74) is 4.92. The fraction of sp³-hybridized carbons (Fsp3) is 0.476. The number of carbonyl (C=O) groups excluding carboxylic acids is 1. The highest BCUT2D eigenvalue weighted by atomic mass is 16.5. The number of fused-ring (bicyclic) bond motifs is 6. The van der Waals surface area contributed by atoms with E-state index in [4.69, 9.17) is 4.74 Å². The fourth-order valence-corrected chi connectivity index (χ4v) is 4.76. The van der Waals surface area contributed by atoms with Gasteiger partial charge in [-0.15, -0.1) is 0 Å². The molecule has 0 spiro atoms. The van der Waals surface area contributed by atoms with Gasteiger partial charge >= 0.3 is 0 Å². The van der Waals surface area contributed by atoms with E-state index in [9.17, 15) is 4.79 Å². The van der Waals surface area contributed by atoms with Crippen molar-refractivity contribution < 1.29 is 14.3 Å². The van der Waals surface area contributed by atoms with E-state index >= 15 is 0 Å². The van der Waals surface area contributed by atoms with E-state index in [1.807, 2.05) is 0 Å². The maximum atomic E-state index is 11.4. The largest absolute Gasteiger partial charge is 0.500 e. The van der Waals surface area contributed by atoms with Gasteiger partial charge in [0.25, 0.3) is 0 Å². The van der Waals surface area contributed by atoms with E-state index in [-0.39, 0.29) is 0 Å². The Balaban J connectivity index is 0.000000527. The van der Waals surface area contributed by atoms with E-state index in [0.29, 0.717) is 17.9 Å². The van der Waals surface area contributed by atoms with Crippen molar-refractivity contribution >= 4 is 17.2 Å². The van der Waals surface area contributed by atoms with Gasteiger partial charge < -0.3 is 14.5 Å². The minimum absolute atomic E-state index is 0.333. The van der Waals surface area contributed by atoms with Crippen LogP contribution in [0.3, 0.4) is 0 Å². The molecule has 0 amide bonds. The van der Waals surface area contributed by atoms with Crippen LogP contribution < -0.4 is 0 Å². The number of aromatic nitrogens is 1. The van der Waals surface area contributed by atoms with Gasteiger partial charge in [-0.1, -0.05) is 18.2 Å². The average molecular weight is 354 g/mol. The van der Waals surface area contributed by atoms with Crippen molar-refractivity contribution in [2.45, 2.75) is 18.9 Å². The van der Waals surface area contributed by atoms with Crippen molar-refractivity contribution in [3.05, 3.63) is 47.4 Å². The van der Waals surface area contributed by atoms with Gasteiger partial charge in [0.2, 0.25) is 0 Å². The minimum Gasteiger partial charge on any atom is -0.500 e. The first-order valence-electron chi connectivity index (χ1n) is 9.27. The van der Waals surface area contributed by atoms with Crippen molar-refractivity contribution in [1.29, 1.82) is 0 Å². The highest BCUT2D eigenvalue weighted by molar-refractivity contribution is 5.85. The highest BCUT2D eigenvalue weighted by Gasteiger charge is 2.42. The van der Waals surface area contributed by atoms with Gasteiger partial charge in [-0.05, 0) is 30.4 Å². The van der Waals surface area contributed by atoms with E-state index in [2.05, 4.69) is 38.9 Å². The van der Waals surface area contributed by atoms with Gasteiger partial charge in [-0.2, -0.15) is 0 Å². The third-order valence-corrected chi connectivity index (χ3v) is 5.88. The first-order valence-corrected chi connectivity index (χ1v) is 9.27. The molecule has 1 aromatic carbocycles. The van der Waals surface area contributed by atoms with Crippen LogP contribution in [0.25, 0.3) is 10.9 Å². The van der Waals surface area contributed by atoms with E-state index in [1.165, 1.54) is 22.2 Å². The Bertz CT molecular complexity index is 826. The number of H-pyrrole nitrogens is 1. The molecule has 0 bridgehead atoms. The number of carbonyl (C=O) groups is 1. The first kappa shape index (κ1) is 17.3. The van der Waals surface area contributed by atoms with Crippen LogP contribution in [0.2, 0.25) is 0 Å². The van der Waals surface area contributed by atoms with Crippen LogP contribution in [0.1, 0.15) is 23.7 Å². The predicted octanol–water partition coefficient (Wildman–Crippen LogP) is 3.08. The summed E-state index contributed by atoms with van der Waals surface area (Å²) >= 11 is 0. The number of hydrogen-bond donors (Lipinski definition) is 1. The molecule has 3 atom stereocenters. The summed E-state index contributed by atoms with van der Waals surface area (Å²) in [7, 11) is 3.25. The maximum absolute atomic E-state index is 11.4. The van der Waals surface area contributed by atoms with Gasteiger partial charge in [0.15, 0.2) is 0 Å². The number of ether oxygens (including phenoxy) is 2. The number of methoxy groups -OCH3 is 1. The number of aldehydes is 1. The first-order chi connectivity index (χ1) is 12.8. The molecule has 0 aliphatic carbocycles. The van der Waals surface area contributed by atoms with Crippen LogP contribution in [-0.4, -0.2) is 50.1 Å². The van der Waals surface area contributed by atoms with E-state index in [0.717, 1.165) is 44.4 Å². The maximum Gasteiger partial charge on any atom is 0.149 e. The predicted molar refractivity (Wildman–Crippen MR) is 101 cm³/mol. The molecule has 5 heteroatoms. The van der Waals surface area contributed by atoms with Crippen molar-refractivity contribution in [3.8, 4) is 0 Å². The van der Waals surface area contributed by atoms with Gasteiger partial charge in [-0.3, -0.25) is 9.69 Å². The standard InChI is InChI=1S/C19H20N2O2.C2H6O/c22-9-13-11-23-10-12-8-21-6-5-15-14-3-1-2-4-17(14)20-19(15)18(21)7-16(12)13;1-3-2/h1-4,9,11-12,16,18,20H,5-8,10H2;1-2H3. The quantitative estimate of drug-likeness (QED) is 0.800. The zero-order chi connectivity index (χ0) is 18.1. The Morgan fingerprint density at radius 2 is 2.12 bits per heavy atom. The topological polar surface area (TPSA) is 54.6 Å². The number of rotatable bonds is 1. The highest BCUT2D eigenvalue weighted by Crippen LogP contribution is 2.45. The fourth-order valence-electron chi connectivity index (χ4n) is 4.76. The van der Waals surface area contributed by atoms with Gasteiger partial charge in [0, 0.05) is 55.4 Å². The zero-order valence-corrected chi connectivity index (χ0v) is 15.4. The normalized spacial score (nSPS) is 27.2. The van der Waals surface area contributed by atoms with Gasteiger partial charge in [-0.25, -0.2) is 0 Å². The molecule has 4 heterocycles. The molecule has 3 aliphatic rings. The summed E-state index contributed by atoms with van der Waals surface area (Å²) < 4.78 is 9.76. The molecular formula is C21H26N2O3. The van der Waals surface area contributed by atoms with Gasteiger partial charge in [0.05, 0.1) is 18.9 Å². The summed E-state index contributed by atoms with van der Waals surface area (Å²) in [5, 5.41) is 1.36.